The Morgan fingerprint density at radius 1 is 0.615 bits per heavy atom. The Bertz CT molecular complexity index is 896. The second kappa shape index (κ2) is 5.16. The molecule has 1 aromatic carbocycles. The Labute approximate surface area is 154 Å². The van der Waals surface area contributed by atoms with Gasteiger partial charge in [0.15, 0.2) is 0 Å². The summed E-state index contributed by atoms with van der Waals surface area (Å²) in [7, 11) is -7.32. The number of hydrogen-bond acceptors (Lipinski definition) is 6. The van der Waals surface area contributed by atoms with E-state index >= 15 is 0 Å². The van der Waals surface area contributed by atoms with Crippen LogP contribution < -0.4 is 8.37 Å². The lowest BCUT2D eigenvalue weighted by atomic mass is 9.81. The van der Waals surface area contributed by atoms with Crippen molar-refractivity contribution in [3.8, 4) is 11.5 Å². The predicted octanol–water partition coefficient (Wildman–Crippen LogP) is 3.09. The van der Waals surface area contributed by atoms with Gasteiger partial charge in [0.2, 0.25) is 0 Å². The van der Waals surface area contributed by atoms with E-state index in [1.54, 1.807) is 0 Å². The Morgan fingerprint density at radius 2 is 0.885 bits per heavy atom. The minimum Gasteiger partial charge on any atom is -0.382 e. The van der Waals surface area contributed by atoms with Crippen molar-refractivity contribution in [1.29, 1.82) is 0 Å². The lowest BCUT2D eigenvalue weighted by Gasteiger charge is -2.29. The van der Waals surface area contributed by atoms with Gasteiger partial charge in [0.25, 0.3) is 0 Å². The molecule has 4 aliphatic carbocycles. The van der Waals surface area contributed by atoms with Gasteiger partial charge in [-0.2, -0.15) is 16.8 Å². The van der Waals surface area contributed by atoms with Crippen molar-refractivity contribution in [3.05, 3.63) is 22.3 Å². The SMILES string of the molecule is CS(=O)(=O)Oc1c2c(c(OS(C)(=O)=O)c3c1[C@@H]1CC[C@H]3C1)[C@H]1CC[C@@H]2C1. The fourth-order valence-corrected chi connectivity index (χ4v) is 6.86. The summed E-state index contributed by atoms with van der Waals surface area (Å²) in [6.07, 6.45) is 7.96. The summed E-state index contributed by atoms with van der Waals surface area (Å²) in [5.74, 6) is 1.93. The van der Waals surface area contributed by atoms with E-state index in [4.69, 9.17) is 8.37 Å². The van der Waals surface area contributed by atoms with Crippen molar-refractivity contribution in [3.63, 3.8) is 0 Å². The summed E-state index contributed by atoms with van der Waals surface area (Å²) in [6.45, 7) is 0. The maximum atomic E-state index is 12.0. The van der Waals surface area contributed by atoms with Crippen LogP contribution in [0.15, 0.2) is 0 Å². The number of fused-ring (bicyclic) bond motifs is 10. The average Bonchev–Trinajstić information content (AvgIpc) is 3.25. The fourth-order valence-electron chi connectivity index (χ4n) is 5.89. The summed E-state index contributed by atoms with van der Waals surface area (Å²) in [6, 6.07) is 0. The first-order chi connectivity index (χ1) is 12.1. The topological polar surface area (TPSA) is 86.7 Å². The molecule has 6 nitrogen and oxygen atoms in total. The van der Waals surface area contributed by atoms with Crippen LogP contribution in [0.4, 0.5) is 0 Å². The molecule has 0 N–H and O–H groups in total. The standard InChI is InChI=1S/C18H22O6S2/c1-25(19,20)23-17-13-9-3-5-11(7-9)15(13)18(24-26(2,21)22)16-12-6-4-10(8-12)14(16)17/h9-12H,3-8H2,1-2H3/t9-,10-,11+,12+. The lowest BCUT2D eigenvalue weighted by Crippen LogP contribution is -2.18. The zero-order valence-electron chi connectivity index (χ0n) is 14.8. The molecule has 5 rings (SSSR count). The molecule has 0 saturated heterocycles. The Balaban J connectivity index is 1.84. The number of benzene rings is 1. The number of hydrogen-bond donors (Lipinski definition) is 0. The molecular weight excluding hydrogens is 376 g/mol. The third-order valence-electron chi connectivity index (χ3n) is 6.53. The summed E-state index contributed by atoms with van der Waals surface area (Å²) < 4.78 is 59.0. The monoisotopic (exact) mass is 398 g/mol. The van der Waals surface area contributed by atoms with E-state index in [9.17, 15) is 16.8 Å². The molecule has 0 spiro atoms. The first kappa shape index (κ1) is 16.9. The second-order valence-electron chi connectivity index (χ2n) is 8.30. The predicted molar refractivity (Wildman–Crippen MR) is 96.1 cm³/mol. The van der Waals surface area contributed by atoms with Crippen molar-refractivity contribution in [2.75, 3.05) is 12.5 Å². The third kappa shape index (κ3) is 2.41. The molecule has 8 heteroatoms. The van der Waals surface area contributed by atoms with Gasteiger partial charge in [0.1, 0.15) is 11.5 Å². The van der Waals surface area contributed by atoms with Crippen LogP contribution in [-0.4, -0.2) is 29.3 Å². The lowest BCUT2D eigenvalue weighted by molar-refractivity contribution is 0.463. The summed E-state index contributed by atoms with van der Waals surface area (Å²) in [5.41, 5.74) is 3.60. The van der Waals surface area contributed by atoms with Crippen LogP contribution in [0, 0.1) is 0 Å². The Morgan fingerprint density at radius 3 is 1.12 bits per heavy atom. The first-order valence-electron chi connectivity index (χ1n) is 9.15. The van der Waals surface area contributed by atoms with E-state index in [0.717, 1.165) is 73.3 Å². The van der Waals surface area contributed by atoms with E-state index < -0.39 is 20.2 Å². The molecule has 2 saturated carbocycles. The molecule has 0 aromatic heterocycles. The molecule has 0 radical (unpaired) electrons. The van der Waals surface area contributed by atoms with Crippen molar-refractivity contribution in [1.82, 2.24) is 0 Å². The molecule has 0 amide bonds. The molecule has 4 atom stereocenters. The Kier molecular flexibility index (Phi) is 3.35. The van der Waals surface area contributed by atoms with Crippen LogP contribution >= 0.6 is 0 Å². The van der Waals surface area contributed by atoms with Crippen molar-refractivity contribution >= 4 is 20.2 Å². The molecule has 0 heterocycles. The number of rotatable bonds is 4. The Hall–Kier alpha value is -1.28. The van der Waals surface area contributed by atoms with E-state index in [2.05, 4.69) is 0 Å². The second-order valence-corrected chi connectivity index (χ2v) is 11.5. The van der Waals surface area contributed by atoms with Crippen molar-refractivity contribution in [2.24, 2.45) is 0 Å². The van der Waals surface area contributed by atoms with Gasteiger partial charge in [0, 0.05) is 22.3 Å². The molecule has 0 aliphatic heterocycles. The fraction of sp³-hybridized carbons (Fsp3) is 0.667. The highest BCUT2D eigenvalue weighted by atomic mass is 32.2. The highest BCUT2D eigenvalue weighted by Crippen LogP contribution is 2.67. The van der Waals surface area contributed by atoms with Crippen LogP contribution in [0.1, 0.15) is 84.5 Å². The first-order valence-corrected chi connectivity index (χ1v) is 12.8. The third-order valence-corrected chi connectivity index (χ3v) is 7.47. The summed E-state index contributed by atoms with van der Waals surface area (Å²) in [4.78, 5) is 0. The van der Waals surface area contributed by atoms with Crippen LogP contribution in [-0.2, 0) is 20.2 Å². The summed E-state index contributed by atoms with van der Waals surface area (Å²) in [5, 5.41) is 0. The highest BCUT2D eigenvalue weighted by Gasteiger charge is 2.50. The van der Waals surface area contributed by atoms with E-state index in [1.165, 1.54) is 0 Å². The van der Waals surface area contributed by atoms with Crippen LogP contribution in [0.5, 0.6) is 11.5 Å². The molecule has 0 unspecified atom stereocenters. The van der Waals surface area contributed by atoms with Gasteiger partial charge in [-0.25, -0.2) is 0 Å². The van der Waals surface area contributed by atoms with E-state index in [0.29, 0.717) is 11.5 Å². The minimum atomic E-state index is -3.66. The molecule has 2 fully saturated rings. The largest absolute Gasteiger partial charge is 0.382 e. The normalized spacial score (nSPS) is 31.2. The molecular formula is C18H22O6S2. The van der Waals surface area contributed by atoms with Crippen LogP contribution in [0.3, 0.4) is 0 Å². The molecule has 1 aromatic rings. The smallest absolute Gasteiger partial charge is 0.306 e. The maximum Gasteiger partial charge on any atom is 0.306 e. The van der Waals surface area contributed by atoms with Crippen LogP contribution in [0.2, 0.25) is 0 Å². The van der Waals surface area contributed by atoms with Gasteiger partial charge < -0.3 is 8.37 Å². The zero-order valence-corrected chi connectivity index (χ0v) is 16.5. The van der Waals surface area contributed by atoms with Crippen LogP contribution in [0.25, 0.3) is 0 Å². The van der Waals surface area contributed by atoms with Gasteiger partial charge in [-0.05, 0) is 62.2 Å². The zero-order chi connectivity index (χ0) is 18.4. The minimum absolute atomic E-state index is 0.234. The average molecular weight is 399 g/mol. The van der Waals surface area contributed by atoms with Gasteiger partial charge >= 0.3 is 20.2 Å². The quantitative estimate of drug-likeness (QED) is 0.725. The van der Waals surface area contributed by atoms with E-state index in [1.807, 2.05) is 0 Å². The van der Waals surface area contributed by atoms with Gasteiger partial charge in [-0.1, -0.05) is 0 Å². The van der Waals surface area contributed by atoms with E-state index in [-0.39, 0.29) is 23.7 Å². The van der Waals surface area contributed by atoms with Gasteiger partial charge in [-0.15, -0.1) is 0 Å². The van der Waals surface area contributed by atoms with Crippen molar-refractivity contribution in [2.45, 2.75) is 62.2 Å². The highest BCUT2D eigenvalue weighted by molar-refractivity contribution is 7.86. The molecule has 142 valence electrons. The molecule has 26 heavy (non-hydrogen) atoms. The maximum absolute atomic E-state index is 12.0. The molecule has 4 aliphatic rings. The van der Waals surface area contributed by atoms with Crippen molar-refractivity contribution < 1.29 is 25.2 Å². The van der Waals surface area contributed by atoms with Gasteiger partial charge in [-0.3, -0.25) is 0 Å². The van der Waals surface area contributed by atoms with Gasteiger partial charge in [0.05, 0.1) is 12.5 Å². The summed E-state index contributed by atoms with van der Waals surface area (Å²) >= 11 is 0. The molecule has 4 bridgehead atoms.